The highest BCUT2D eigenvalue weighted by atomic mass is 35.5. The van der Waals surface area contributed by atoms with E-state index in [1.54, 1.807) is 18.2 Å². The fourth-order valence-electron chi connectivity index (χ4n) is 2.88. The molecule has 1 aliphatic heterocycles. The van der Waals surface area contributed by atoms with Gasteiger partial charge in [-0.05, 0) is 31.3 Å². The van der Waals surface area contributed by atoms with E-state index in [0.29, 0.717) is 18.8 Å². The van der Waals surface area contributed by atoms with Crippen LogP contribution in [0.25, 0.3) is 0 Å². The van der Waals surface area contributed by atoms with E-state index in [9.17, 15) is 18.5 Å². The van der Waals surface area contributed by atoms with Crippen molar-refractivity contribution in [2.45, 2.75) is 4.90 Å². The van der Waals surface area contributed by atoms with Crippen LogP contribution in [0.5, 0.6) is 0 Å². The Morgan fingerprint density at radius 1 is 1.11 bits per heavy atom. The molecule has 1 N–H and O–H groups in total. The lowest BCUT2D eigenvalue weighted by molar-refractivity contribution is -0.384. The van der Waals surface area contributed by atoms with Crippen LogP contribution in [0.3, 0.4) is 0 Å². The van der Waals surface area contributed by atoms with Gasteiger partial charge in [0.1, 0.15) is 5.69 Å². The molecule has 1 heterocycles. The van der Waals surface area contributed by atoms with E-state index in [2.05, 4.69) is 9.62 Å². The highest BCUT2D eigenvalue weighted by Gasteiger charge is 2.26. The first-order chi connectivity index (χ1) is 12.8. The maximum Gasteiger partial charge on any atom is 0.293 e. The van der Waals surface area contributed by atoms with Crippen LogP contribution in [-0.4, -0.2) is 51.5 Å². The number of sulfonamides is 1. The van der Waals surface area contributed by atoms with Gasteiger partial charge in [-0.1, -0.05) is 23.7 Å². The van der Waals surface area contributed by atoms with E-state index >= 15 is 0 Å². The molecule has 1 saturated heterocycles. The van der Waals surface area contributed by atoms with Crippen LogP contribution in [0.4, 0.5) is 17.1 Å². The number of nitrogens with one attached hydrogen (secondary N) is 1. The predicted octanol–water partition coefficient (Wildman–Crippen LogP) is 2.80. The van der Waals surface area contributed by atoms with Crippen molar-refractivity contribution in [1.82, 2.24) is 4.90 Å². The summed E-state index contributed by atoms with van der Waals surface area (Å²) in [5, 5.41) is 11.8. The summed E-state index contributed by atoms with van der Waals surface area (Å²) in [6, 6.07) is 10.3. The molecule has 2 aromatic carbocycles. The number of likely N-dealkylation sites (N-methyl/N-ethyl adjacent to an activating group) is 1. The van der Waals surface area contributed by atoms with Crippen LogP contribution < -0.4 is 9.62 Å². The first-order valence-corrected chi connectivity index (χ1v) is 10.1. The van der Waals surface area contributed by atoms with E-state index < -0.39 is 14.9 Å². The van der Waals surface area contributed by atoms with Crippen molar-refractivity contribution in [2.24, 2.45) is 0 Å². The van der Waals surface area contributed by atoms with E-state index in [4.69, 9.17) is 11.6 Å². The maximum atomic E-state index is 12.6. The first kappa shape index (κ1) is 19.4. The van der Waals surface area contributed by atoms with Crippen molar-refractivity contribution in [3.05, 3.63) is 57.6 Å². The zero-order valence-electron chi connectivity index (χ0n) is 14.6. The molecule has 27 heavy (non-hydrogen) atoms. The second kappa shape index (κ2) is 7.71. The molecule has 0 atom stereocenters. The van der Waals surface area contributed by atoms with Crippen molar-refractivity contribution in [2.75, 3.05) is 42.8 Å². The summed E-state index contributed by atoms with van der Waals surface area (Å²) in [5.74, 6) is 0. The Balaban J connectivity index is 1.93. The van der Waals surface area contributed by atoms with Crippen molar-refractivity contribution in [3.8, 4) is 0 Å². The number of piperazine rings is 1. The van der Waals surface area contributed by atoms with Crippen molar-refractivity contribution in [3.63, 3.8) is 0 Å². The normalized spacial score (nSPS) is 15.6. The van der Waals surface area contributed by atoms with Crippen LogP contribution in [-0.2, 0) is 10.0 Å². The fraction of sp³-hybridized carbons (Fsp3) is 0.294. The molecule has 0 amide bonds. The summed E-state index contributed by atoms with van der Waals surface area (Å²) in [7, 11) is -2.03. The largest absolute Gasteiger partial charge is 0.363 e. The summed E-state index contributed by atoms with van der Waals surface area (Å²) in [5.41, 5.74) is 0.399. The van der Waals surface area contributed by atoms with Gasteiger partial charge in [-0.3, -0.25) is 14.8 Å². The second-order valence-corrected chi connectivity index (χ2v) is 8.37. The highest BCUT2D eigenvalue weighted by Crippen LogP contribution is 2.32. The van der Waals surface area contributed by atoms with Crippen molar-refractivity contribution < 1.29 is 13.3 Å². The Morgan fingerprint density at radius 2 is 1.78 bits per heavy atom. The quantitative estimate of drug-likeness (QED) is 0.601. The predicted molar refractivity (Wildman–Crippen MR) is 105 cm³/mol. The second-order valence-electron chi connectivity index (χ2n) is 6.28. The SMILES string of the molecule is CN1CCN(c2ccc(S(=O)(=O)Nc3ccccc3Cl)cc2[N+](=O)[O-])CC1. The number of benzene rings is 2. The number of halogens is 1. The van der Waals surface area contributed by atoms with Crippen molar-refractivity contribution >= 4 is 38.7 Å². The highest BCUT2D eigenvalue weighted by molar-refractivity contribution is 7.92. The zero-order chi connectivity index (χ0) is 19.6. The standard InChI is InChI=1S/C17H19ClN4O4S/c1-20-8-10-21(11-9-20)16-7-6-13(12-17(16)22(23)24)27(25,26)19-15-5-3-2-4-14(15)18/h2-7,12,19H,8-11H2,1H3. The summed E-state index contributed by atoms with van der Waals surface area (Å²) in [6.45, 7) is 2.85. The Kier molecular flexibility index (Phi) is 5.54. The summed E-state index contributed by atoms with van der Waals surface area (Å²) >= 11 is 5.99. The molecule has 0 bridgehead atoms. The van der Waals surface area contributed by atoms with E-state index in [0.717, 1.165) is 19.2 Å². The van der Waals surface area contributed by atoms with Gasteiger partial charge in [-0.15, -0.1) is 0 Å². The number of hydrogen-bond acceptors (Lipinski definition) is 6. The van der Waals surface area contributed by atoms with E-state index in [1.165, 1.54) is 18.2 Å². The molecule has 144 valence electrons. The smallest absolute Gasteiger partial charge is 0.293 e. The zero-order valence-corrected chi connectivity index (χ0v) is 16.2. The van der Waals surface area contributed by atoms with Gasteiger partial charge < -0.3 is 9.80 Å². The van der Waals surface area contributed by atoms with Gasteiger partial charge in [-0.2, -0.15) is 0 Å². The fourth-order valence-corrected chi connectivity index (χ4v) is 4.22. The molecule has 0 aromatic heterocycles. The molecular weight excluding hydrogens is 392 g/mol. The lowest BCUT2D eigenvalue weighted by atomic mass is 10.2. The number of rotatable bonds is 5. The molecule has 10 heteroatoms. The third-order valence-corrected chi connectivity index (χ3v) is 6.11. The number of nitrogens with zero attached hydrogens (tertiary/aromatic N) is 3. The number of para-hydroxylation sites is 1. The minimum atomic E-state index is -4.01. The summed E-state index contributed by atoms with van der Waals surface area (Å²) < 4.78 is 27.7. The van der Waals surface area contributed by atoms with Crippen LogP contribution in [0, 0.1) is 10.1 Å². The van der Waals surface area contributed by atoms with Crippen LogP contribution in [0.2, 0.25) is 5.02 Å². The topological polar surface area (TPSA) is 95.8 Å². The average Bonchev–Trinajstić information content (AvgIpc) is 2.63. The van der Waals surface area contributed by atoms with Gasteiger partial charge >= 0.3 is 0 Å². The Labute approximate surface area is 162 Å². The average molecular weight is 411 g/mol. The summed E-state index contributed by atoms with van der Waals surface area (Å²) in [4.78, 5) is 14.8. The van der Waals surface area contributed by atoms with Gasteiger partial charge in [0.05, 0.1) is 20.5 Å². The number of nitro groups is 1. The lowest BCUT2D eigenvalue weighted by Crippen LogP contribution is -2.44. The Hall–Kier alpha value is -2.36. The molecular formula is C17H19ClN4O4S. The van der Waals surface area contributed by atoms with Gasteiger partial charge in [0.25, 0.3) is 15.7 Å². The van der Waals surface area contributed by atoms with Gasteiger partial charge in [-0.25, -0.2) is 8.42 Å². The van der Waals surface area contributed by atoms with Gasteiger partial charge in [0.15, 0.2) is 0 Å². The Bertz CT molecular complexity index is 959. The monoisotopic (exact) mass is 410 g/mol. The number of anilines is 2. The number of hydrogen-bond donors (Lipinski definition) is 1. The van der Waals surface area contributed by atoms with Crippen LogP contribution >= 0.6 is 11.6 Å². The molecule has 8 nitrogen and oxygen atoms in total. The Morgan fingerprint density at radius 3 is 2.41 bits per heavy atom. The van der Waals surface area contributed by atoms with Crippen LogP contribution in [0.1, 0.15) is 0 Å². The third-order valence-electron chi connectivity index (χ3n) is 4.42. The van der Waals surface area contributed by atoms with E-state index in [-0.39, 0.29) is 21.3 Å². The molecule has 2 aromatic rings. The summed E-state index contributed by atoms with van der Waals surface area (Å²) in [6.07, 6.45) is 0. The molecule has 0 spiro atoms. The molecule has 0 unspecified atom stereocenters. The minimum Gasteiger partial charge on any atom is -0.363 e. The molecule has 0 aliphatic carbocycles. The van der Waals surface area contributed by atoms with Crippen molar-refractivity contribution in [1.29, 1.82) is 0 Å². The number of nitro benzene ring substituents is 1. The molecule has 3 rings (SSSR count). The van der Waals surface area contributed by atoms with Gasteiger partial charge in [0, 0.05) is 32.2 Å². The molecule has 1 fully saturated rings. The third kappa shape index (κ3) is 4.32. The van der Waals surface area contributed by atoms with Crippen LogP contribution in [0.15, 0.2) is 47.4 Å². The lowest BCUT2D eigenvalue weighted by Gasteiger charge is -2.33. The van der Waals surface area contributed by atoms with E-state index in [1.807, 2.05) is 11.9 Å². The molecule has 1 aliphatic rings. The first-order valence-electron chi connectivity index (χ1n) is 8.27. The minimum absolute atomic E-state index is 0.188. The molecule has 0 radical (unpaired) electrons. The molecule has 0 saturated carbocycles. The van der Waals surface area contributed by atoms with Gasteiger partial charge in [0.2, 0.25) is 0 Å². The maximum absolute atomic E-state index is 12.6.